The third kappa shape index (κ3) is 6.87. The van der Waals surface area contributed by atoms with E-state index in [1.165, 1.54) is 0 Å². The van der Waals surface area contributed by atoms with Gasteiger partial charge in [-0.15, -0.1) is 24.0 Å². The maximum Gasteiger partial charge on any atom is 0.511 e. The van der Waals surface area contributed by atoms with Gasteiger partial charge in [-0.1, -0.05) is 12.1 Å². The first-order chi connectivity index (χ1) is 13.6. The maximum absolute atomic E-state index is 12.6. The van der Waals surface area contributed by atoms with Gasteiger partial charge in [0.15, 0.2) is 5.96 Å². The highest BCUT2D eigenvalue weighted by molar-refractivity contribution is 14.0. The maximum atomic E-state index is 12.6. The number of hydrogen-bond acceptors (Lipinski definition) is 4. The standard InChI is InChI=1S/C18H27F3N4O3S.HI/c1-13-10-15(4-5-16(13)28-3)12-24-17(22-2)23-11-14-6-8-25(9-7-14)29(26,27)18(19,20)21;/h4-5,10,14H,6-9,11-12H2,1-3H3,(H2,22,23,24);1H. The fourth-order valence-electron chi connectivity index (χ4n) is 3.20. The summed E-state index contributed by atoms with van der Waals surface area (Å²) in [7, 11) is -1.99. The second-order valence-electron chi connectivity index (χ2n) is 6.90. The van der Waals surface area contributed by atoms with Crippen LogP contribution < -0.4 is 15.4 Å². The van der Waals surface area contributed by atoms with Crippen LogP contribution in [0.3, 0.4) is 0 Å². The van der Waals surface area contributed by atoms with E-state index in [-0.39, 0.29) is 43.0 Å². The molecule has 0 atom stereocenters. The van der Waals surface area contributed by atoms with Crippen LogP contribution >= 0.6 is 24.0 Å². The Morgan fingerprint density at radius 2 is 1.90 bits per heavy atom. The first-order valence-corrected chi connectivity index (χ1v) is 10.7. The zero-order chi connectivity index (χ0) is 21.7. The van der Waals surface area contributed by atoms with Crippen molar-refractivity contribution < 1.29 is 26.3 Å². The molecule has 0 spiro atoms. The van der Waals surface area contributed by atoms with E-state index in [4.69, 9.17) is 4.74 Å². The highest BCUT2D eigenvalue weighted by atomic mass is 127. The van der Waals surface area contributed by atoms with Crippen molar-refractivity contribution in [3.05, 3.63) is 29.3 Å². The van der Waals surface area contributed by atoms with Crippen molar-refractivity contribution in [2.75, 3.05) is 33.8 Å². The molecule has 1 aromatic rings. The second kappa shape index (κ2) is 11.4. The third-order valence-corrected chi connectivity index (χ3v) is 6.54. The van der Waals surface area contributed by atoms with E-state index >= 15 is 0 Å². The lowest BCUT2D eigenvalue weighted by molar-refractivity contribution is -0.0496. The van der Waals surface area contributed by atoms with Crippen molar-refractivity contribution in [1.82, 2.24) is 14.9 Å². The van der Waals surface area contributed by atoms with Gasteiger partial charge < -0.3 is 15.4 Å². The second-order valence-corrected chi connectivity index (χ2v) is 8.83. The van der Waals surface area contributed by atoms with E-state index in [0.29, 0.717) is 36.2 Å². The Balaban J connectivity index is 0.00000450. The summed E-state index contributed by atoms with van der Waals surface area (Å²) in [6, 6.07) is 5.85. The summed E-state index contributed by atoms with van der Waals surface area (Å²) in [5.41, 5.74) is -3.17. The minimum absolute atomic E-state index is 0. The van der Waals surface area contributed by atoms with Crippen molar-refractivity contribution >= 4 is 40.0 Å². The molecule has 7 nitrogen and oxygen atoms in total. The predicted molar refractivity (Wildman–Crippen MR) is 121 cm³/mol. The summed E-state index contributed by atoms with van der Waals surface area (Å²) < 4.78 is 66.6. The average molecular weight is 564 g/mol. The molecule has 1 aromatic carbocycles. The fourth-order valence-corrected chi connectivity index (χ4v) is 4.18. The zero-order valence-corrected chi connectivity index (χ0v) is 20.3. The lowest BCUT2D eigenvalue weighted by Crippen LogP contribution is -2.47. The monoisotopic (exact) mass is 564 g/mol. The Hall–Kier alpha value is -1.28. The molecule has 1 aliphatic heterocycles. The van der Waals surface area contributed by atoms with Gasteiger partial charge >= 0.3 is 15.5 Å². The van der Waals surface area contributed by atoms with E-state index in [2.05, 4.69) is 15.6 Å². The van der Waals surface area contributed by atoms with Crippen LogP contribution in [0, 0.1) is 12.8 Å². The van der Waals surface area contributed by atoms with Gasteiger partial charge in [0.1, 0.15) is 5.75 Å². The number of alkyl halides is 3. The molecule has 2 N–H and O–H groups in total. The number of aliphatic imine (C=N–C) groups is 1. The topological polar surface area (TPSA) is 83.0 Å². The van der Waals surface area contributed by atoms with E-state index in [9.17, 15) is 21.6 Å². The van der Waals surface area contributed by atoms with Gasteiger partial charge in [-0.05, 0) is 42.9 Å². The molecule has 1 aliphatic rings. The van der Waals surface area contributed by atoms with Crippen LogP contribution in [0.4, 0.5) is 13.2 Å². The number of guanidine groups is 1. The van der Waals surface area contributed by atoms with E-state index in [1.54, 1.807) is 14.2 Å². The number of sulfonamides is 1. The number of aryl methyl sites for hydroxylation is 1. The summed E-state index contributed by atoms with van der Waals surface area (Å²) in [5, 5.41) is 6.34. The summed E-state index contributed by atoms with van der Waals surface area (Å²) in [6.45, 7) is 2.74. The fraction of sp³-hybridized carbons (Fsp3) is 0.611. The molecular weight excluding hydrogens is 536 g/mol. The SMILES string of the molecule is CN=C(NCc1ccc(OC)c(C)c1)NCC1CCN(S(=O)(=O)C(F)(F)F)CC1.I. The van der Waals surface area contributed by atoms with Gasteiger partial charge in [0.05, 0.1) is 7.11 Å². The quantitative estimate of drug-likeness (QED) is 0.316. The molecule has 0 amide bonds. The Kier molecular flexibility index (Phi) is 10.1. The van der Waals surface area contributed by atoms with Crippen molar-refractivity contribution in [3.63, 3.8) is 0 Å². The summed E-state index contributed by atoms with van der Waals surface area (Å²) in [6.07, 6.45) is 0.716. The lowest BCUT2D eigenvalue weighted by atomic mass is 9.98. The Morgan fingerprint density at radius 1 is 1.27 bits per heavy atom. The third-order valence-electron chi connectivity index (χ3n) is 4.91. The Labute approximate surface area is 192 Å². The smallest absolute Gasteiger partial charge is 0.496 e. The summed E-state index contributed by atoms with van der Waals surface area (Å²) in [4.78, 5) is 4.14. The molecule has 0 bridgehead atoms. The summed E-state index contributed by atoms with van der Waals surface area (Å²) in [5.74, 6) is 1.45. The average Bonchev–Trinajstić information content (AvgIpc) is 2.67. The van der Waals surface area contributed by atoms with Gasteiger partial charge in [0.25, 0.3) is 0 Å². The van der Waals surface area contributed by atoms with Gasteiger partial charge in [0, 0.05) is 33.2 Å². The molecule has 12 heteroatoms. The molecule has 0 aliphatic carbocycles. The molecule has 1 fully saturated rings. The van der Waals surface area contributed by atoms with Gasteiger partial charge in [-0.2, -0.15) is 17.5 Å². The van der Waals surface area contributed by atoms with Crippen LogP contribution in [0.2, 0.25) is 0 Å². The van der Waals surface area contributed by atoms with Crippen LogP contribution in [-0.4, -0.2) is 58.0 Å². The Morgan fingerprint density at radius 3 is 2.40 bits per heavy atom. The minimum Gasteiger partial charge on any atom is -0.496 e. The van der Waals surface area contributed by atoms with Crippen LogP contribution in [-0.2, 0) is 16.6 Å². The van der Waals surface area contributed by atoms with Crippen molar-refractivity contribution in [1.29, 1.82) is 0 Å². The molecule has 1 saturated heterocycles. The molecule has 0 radical (unpaired) electrons. The van der Waals surface area contributed by atoms with Crippen LogP contribution in [0.5, 0.6) is 5.75 Å². The molecule has 0 saturated carbocycles. The largest absolute Gasteiger partial charge is 0.511 e. The number of halogens is 4. The van der Waals surface area contributed by atoms with E-state index in [1.807, 2.05) is 25.1 Å². The molecule has 0 unspecified atom stereocenters. The van der Waals surface area contributed by atoms with E-state index in [0.717, 1.165) is 16.9 Å². The van der Waals surface area contributed by atoms with Crippen molar-refractivity contribution in [2.45, 2.75) is 31.8 Å². The molecule has 30 heavy (non-hydrogen) atoms. The molecule has 172 valence electrons. The van der Waals surface area contributed by atoms with E-state index < -0.39 is 15.5 Å². The first kappa shape index (κ1) is 26.8. The number of piperidine rings is 1. The van der Waals surface area contributed by atoms with Gasteiger partial charge in [-0.25, -0.2) is 8.42 Å². The molecular formula is C18H28F3IN4O3S. The highest BCUT2D eigenvalue weighted by Crippen LogP contribution is 2.30. The number of rotatable bonds is 6. The number of nitrogens with one attached hydrogen (secondary N) is 2. The van der Waals surface area contributed by atoms with Crippen LogP contribution in [0.25, 0.3) is 0 Å². The van der Waals surface area contributed by atoms with Crippen molar-refractivity contribution in [3.8, 4) is 5.75 Å². The highest BCUT2D eigenvalue weighted by Gasteiger charge is 2.50. The predicted octanol–water partition coefficient (Wildman–Crippen LogP) is 2.85. The number of ether oxygens (including phenoxy) is 1. The first-order valence-electron chi connectivity index (χ1n) is 9.23. The summed E-state index contributed by atoms with van der Waals surface area (Å²) >= 11 is 0. The number of benzene rings is 1. The van der Waals surface area contributed by atoms with Crippen molar-refractivity contribution in [2.24, 2.45) is 10.9 Å². The Bertz CT molecular complexity index is 826. The lowest BCUT2D eigenvalue weighted by Gasteiger charge is -2.31. The van der Waals surface area contributed by atoms with Gasteiger partial charge in [-0.3, -0.25) is 4.99 Å². The molecule has 1 heterocycles. The minimum atomic E-state index is -5.25. The van der Waals surface area contributed by atoms with Gasteiger partial charge in [0.2, 0.25) is 0 Å². The molecule has 2 rings (SSSR count). The normalized spacial score (nSPS) is 16.7. The van der Waals surface area contributed by atoms with Crippen LogP contribution in [0.1, 0.15) is 24.0 Å². The molecule has 0 aromatic heterocycles. The number of methoxy groups -OCH3 is 1. The van der Waals surface area contributed by atoms with Crippen LogP contribution in [0.15, 0.2) is 23.2 Å². The number of hydrogen-bond donors (Lipinski definition) is 2. The number of nitrogens with zero attached hydrogens (tertiary/aromatic N) is 2. The zero-order valence-electron chi connectivity index (χ0n) is 17.1.